The van der Waals surface area contributed by atoms with E-state index in [0.717, 1.165) is 0 Å². The van der Waals surface area contributed by atoms with Crippen molar-refractivity contribution >= 4 is 57.9 Å². The third kappa shape index (κ3) is 4.68. The predicted octanol–water partition coefficient (Wildman–Crippen LogP) is 6.33. The van der Waals surface area contributed by atoms with Gasteiger partial charge in [0.15, 0.2) is 17.6 Å². The van der Waals surface area contributed by atoms with E-state index in [-0.39, 0.29) is 21.4 Å². The highest BCUT2D eigenvalue weighted by Crippen LogP contribution is 2.31. The molecular weight excluding hydrogens is 424 g/mol. The number of hydrogen-bond donors (Lipinski definition) is 1. The van der Waals surface area contributed by atoms with Gasteiger partial charge in [0.25, 0.3) is 0 Å². The number of ketones is 1. The van der Waals surface area contributed by atoms with Gasteiger partial charge in [-0.15, -0.1) is 4.91 Å². The summed E-state index contributed by atoms with van der Waals surface area (Å²) in [5.41, 5.74) is -0.692. The van der Waals surface area contributed by atoms with Crippen LogP contribution in [0.15, 0.2) is 47.3 Å². The Kier molecular flexibility index (Phi) is 6.89. The lowest BCUT2D eigenvalue weighted by atomic mass is 10.1. The predicted molar refractivity (Wildman–Crippen MR) is 103 cm³/mol. The Labute approximate surface area is 169 Å². The maximum absolute atomic E-state index is 12.5. The number of ether oxygens (including phenoxy) is 1. The molecule has 2 aromatic rings. The number of hydrogen-bond acceptors (Lipinski definition) is 5. The van der Waals surface area contributed by atoms with Gasteiger partial charge in [-0.3, -0.25) is 4.79 Å². The van der Waals surface area contributed by atoms with Gasteiger partial charge < -0.3 is 9.84 Å². The molecule has 5 nitrogen and oxygen atoms in total. The zero-order valence-electron chi connectivity index (χ0n) is 13.2. The first-order chi connectivity index (χ1) is 12.2. The van der Waals surface area contributed by atoms with Crippen LogP contribution in [0.5, 0.6) is 5.75 Å². The Morgan fingerprint density at radius 2 is 1.62 bits per heavy atom. The van der Waals surface area contributed by atoms with Gasteiger partial charge in [0.2, 0.25) is 5.78 Å². The topological polar surface area (TPSA) is 76.0 Å². The maximum Gasteiger partial charge on any atom is 0.228 e. The van der Waals surface area contributed by atoms with Crippen LogP contribution in [0.3, 0.4) is 0 Å². The monoisotopic (exact) mass is 433 g/mol. The van der Waals surface area contributed by atoms with Crippen LogP contribution in [0.1, 0.15) is 12.5 Å². The van der Waals surface area contributed by atoms with Crippen molar-refractivity contribution in [2.45, 2.75) is 13.0 Å². The first kappa shape index (κ1) is 20.5. The van der Waals surface area contributed by atoms with Crippen LogP contribution in [0.25, 0.3) is 5.76 Å². The maximum atomic E-state index is 12.5. The van der Waals surface area contributed by atoms with Crippen molar-refractivity contribution < 1.29 is 14.6 Å². The van der Waals surface area contributed by atoms with Gasteiger partial charge in [0.05, 0.1) is 10.0 Å². The molecule has 0 aliphatic carbocycles. The largest absolute Gasteiger partial charge is 0.505 e. The number of nitroso groups, excluding NO2 is 1. The van der Waals surface area contributed by atoms with E-state index < -0.39 is 23.3 Å². The van der Waals surface area contributed by atoms with Gasteiger partial charge in [-0.2, -0.15) is 0 Å². The van der Waals surface area contributed by atoms with Crippen LogP contribution in [0.2, 0.25) is 20.1 Å². The molecule has 0 saturated heterocycles. The zero-order chi connectivity index (χ0) is 19.4. The summed E-state index contributed by atoms with van der Waals surface area (Å²) in [4.78, 5) is 23.6. The van der Waals surface area contributed by atoms with Crippen LogP contribution in [-0.4, -0.2) is 17.0 Å². The molecule has 0 aliphatic rings. The summed E-state index contributed by atoms with van der Waals surface area (Å²) in [5.74, 6) is -1.34. The van der Waals surface area contributed by atoms with E-state index in [1.54, 1.807) is 0 Å². The normalized spacial score (nSPS) is 13.0. The lowest BCUT2D eigenvalue weighted by Crippen LogP contribution is -2.25. The molecule has 26 heavy (non-hydrogen) atoms. The molecule has 0 fully saturated rings. The quantitative estimate of drug-likeness (QED) is 0.327. The molecule has 136 valence electrons. The number of rotatable bonds is 6. The number of carbonyl (C=O) groups is 1. The third-order valence-electron chi connectivity index (χ3n) is 3.30. The number of Topliss-reactive ketones (excluding diaryl/α,β-unsaturated/α-hetero) is 1. The average Bonchev–Trinajstić information content (AvgIpc) is 2.57. The number of carbonyl (C=O) groups excluding carboxylic acids is 1. The molecular formula is C17H11Cl4NO4. The van der Waals surface area contributed by atoms with Crippen LogP contribution in [0.4, 0.5) is 0 Å². The van der Waals surface area contributed by atoms with Crippen molar-refractivity contribution in [1.82, 2.24) is 0 Å². The van der Waals surface area contributed by atoms with Gasteiger partial charge in [-0.05, 0) is 48.5 Å². The van der Waals surface area contributed by atoms with Gasteiger partial charge in [0.1, 0.15) is 5.75 Å². The fraction of sp³-hybridized carbons (Fsp3) is 0.118. The van der Waals surface area contributed by atoms with E-state index >= 15 is 0 Å². The second-order valence-corrected chi connectivity index (χ2v) is 6.80. The zero-order valence-corrected chi connectivity index (χ0v) is 16.2. The number of benzene rings is 2. The first-order valence-electron chi connectivity index (χ1n) is 7.12. The molecule has 0 bridgehead atoms. The molecule has 9 heteroatoms. The molecule has 0 aromatic heterocycles. The summed E-state index contributed by atoms with van der Waals surface area (Å²) in [5, 5.41) is 13.9. The van der Waals surface area contributed by atoms with Crippen LogP contribution in [0, 0.1) is 4.91 Å². The molecule has 2 aromatic carbocycles. The lowest BCUT2D eigenvalue weighted by molar-refractivity contribution is -0.121. The van der Waals surface area contributed by atoms with Crippen molar-refractivity contribution in [2.24, 2.45) is 5.18 Å². The number of aliphatic hydroxyl groups is 1. The van der Waals surface area contributed by atoms with Gasteiger partial charge in [-0.25, -0.2) is 0 Å². The van der Waals surface area contributed by atoms with Crippen molar-refractivity contribution in [3.63, 3.8) is 0 Å². The van der Waals surface area contributed by atoms with Crippen molar-refractivity contribution in [3.8, 4) is 5.75 Å². The second kappa shape index (κ2) is 8.73. The summed E-state index contributed by atoms with van der Waals surface area (Å²) >= 11 is 23.6. The third-order valence-corrected chi connectivity index (χ3v) is 4.38. The highest BCUT2D eigenvalue weighted by atomic mass is 35.5. The van der Waals surface area contributed by atoms with E-state index in [9.17, 15) is 14.8 Å². The van der Waals surface area contributed by atoms with Gasteiger partial charge >= 0.3 is 0 Å². The summed E-state index contributed by atoms with van der Waals surface area (Å²) in [6.07, 6.45) is -1.16. The van der Waals surface area contributed by atoms with Crippen molar-refractivity contribution in [2.75, 3.05) is 0 Å². The summed E-state index contributed by atoms with van der Waals surface area (Å²) < 4.78 is 5.44. The molecule has 0 saturated carbocycles. The van der Waals surface area contributed by atoms with E-state index in [4.69, 9.17) is 51.1 Å². The second-order valence-electron chi connectivity index (χ2n) is 5.11. The van der Waals surface area contributed by atoms with E-state index in [0.29, 0.717) is 10.0 Å². The van der Waals surface area contributed by atoms with Crippen LogP contribution < -0.4 is 4.74 Å². The average molecular weight is 435 g/mol. The number of halogens is 4. The SMILES string of the molecule is CC(Oc1ccc(Cl)cc1Cl)C(=O)/C(N=O)=C(\O)c1ccc(Cl)cc1Cl. The summed E-state index contributed by atoms with van der Waals surface area (Å²) in [6.45, 7) is 1.38. The molecule has 0 spiro atoms. The Morgan fingerprint density at radius 3 is 2.15 bits per heavy atom. The number of aliphatic hydroxyl groups excluding tert-OH is 1. The summed E-state index contributed by atoms with van der Waals surface area (Å²) in [7, 11) is 0. The fourth-order valence-corrected chi connectivity index (χ4v) is 2.97. The highest BCUT2D eigenvalue weighted by molar-refractivity contribution is 6.36. The molecule has 1 N–H and O–H groups in total. The molecule has 2 rings (SSSR count). The minimum absolute atomic E-state index is 0.0377. The molecule has 0 aliphatic heterocycles. The minimum atomic E-state index is -1.16. The van der Waals surface area contributed by atoms with Crippen molar-refractivity contribution in [1.29, 1.82) is 0 Å². The molecule has 0 heterocycles. The smallest absolute Gasteiger partial charge is 0.228 e. The Morgan fingerprint density at radius 1 is 1.04 bits per heavy atom. The standard InChI is InChI=1S/C17H11Cl4NO4/c1-8(26-14-5-3-10(19)7-13(14)21)16(23)15(22-25)17(24)11-4-2-9(18)6-12(11)20/h2-8,24H,1H3/b17-15+. The van der Waals surface area contributed by atoms with Gasteiger partial charge in [-0.1, -0.05) is 46.4 Å². The Hall–Kier alpha value is -1.79. The molecule has 1 atom stereocenters. The van der Waals surface area contributed by atoms with Crippen molar-refractivity contribution in [3.05, 3.63) is 72.7 Å². The highest BCUT2D eigenvalue weighted by Gasteiger charge is 2.26. The van der Waals surface area contributed by atoms with E-state index in [2.05, 4.69) is 5.18 Å². The van der Waals surface area contributed by atoms with Crippen LogP contribution >= 0.6 is 46.4 Å². The lowest BCUT2D eigenvalue weighted by Gasteiger charge is -2.15. The summed E-state index contributed by atoms with van der Waals surface area (Å²) in [6, 6.07) is 8.60. The van der Waals surface area contributed by atoms with E-state index in [1.165, 1.54) is 43.3 Å². The van der Waals surface area contributed by atoms with Crippen LogP contribution in [-0.2, 0) is 4.79 Å². The van der Waals surface area contributed by atoms with Gasteiger partial charge in [0, 0.05) is 15.6 Å². The number of nitrogens with zero attached hydrogens (tertiary/aromatic N) is 1. The first-order valence-corrected chi connectivity index (χ1v) is 8.63. The van der Waals surface area contributed by atoms with E-state index in [1.807, 2.05) is 0 Å². The molecule has 1 unspecified atom stereocenters. The minimum Gasteiger partial charge on any atom is -0.505 e. The Balaban J connectivity index is 2.33. The Bertz CT molecular complexity index is 898. The molecule has 0 amide bonds. The fourth-order valence-electron chi connectivity index (χ4n) is 2.02. The molecule has 0 radical (unpaired) electrons.